The summed E-state index contributed by atoms with van der Waals surface area (Å²) >= 11 is 0. The first-order valence-electron chi connectivity index (χ1n) is 8.30. The van der Waals surface area contributed by atoms with Gasteiger partial charge in [0.1, 0.15) is 17.5 Å². The van der Waals surface area contributed by atoms with Gasteiger partial charge in [-0.2, -0.15) is 0 Å². The zero-order valence-corrected chi connectivity index (χ0v) is 14.3. The fraction of sp³-hybridized carbons (Fsp3) is 0.611. The number of esters is 1. The maximum absolute atomic E-state index is 12.2. The molecule has 0 aliphatic heterocycles. The molecule has 1 aromatic carbocycles. The van der Waals surface area contributed by atoms with Crippen molar-refractivity contribution >= 4 is 5.97 Å². The number of carbonyl (C=O) groups is 1. The van der Waals surface area contributed by atoms with Gasteiger partial charge in [0, 0.05) is 0 Å². The lowest BCUT2D eigenvalue weighted by molar-refractivity contribution is 0.0402. The Balaban J connectivity index is 2.70. The Labute approximate surface area is 134 Å². The second-order valence-corrected chi connectivity index (χ2v) is 5.28. The van der Waals surface area contributed by atoms with Crippen molar-refractivity contribution in [2.45, 2.75) is 53.2 Å². The molecule has 0 bridgehead atoms. The predicted molar refractivity (Wildman–Crippen MR) is 89.3 cm³/mol. The number of carbonyl (C=O) groups excluding carboxylic acids is 1. The van der Waals surface area contributed by atoms with Gasteiger partial charge in [0.2, 0.25) is 0 Å². The summed E-state index contributed by atoms with van der Waals surface area (Å²) in [4.78, 5) is 14.4. The van der Waals surface area contributed by atoms with Crippen molar-refractivity contribution in [3.05, 3.63) is 29.8 Å². The second-order valence-electron chi connectivity index (χ2n) is 5.28. The van der Waals surface area contributed by atoms with Crippen LogP contribution in [0.1, 0.15) is 57.3 Å². The second kappa shape index (κ2) is 10.2. The Morgan fingerprint density at radius 1 is 1.14 bits per heavy atom. The summed E-state index contributed by atoms with van der Waals surface area (Å²) in [6.45, 7) is 10.6. The van der Waals surface area contributed by atoms with Crippen LogP contribution in [0.2, 0.25) is 0 Å². The number of ether oxygens (including phenoxy) is 2. The van der Waals surface area contributed by atoms with E-state index in [-0.39, 0.29) is 12.2 Å². The molecule has 0 aliphatic rings. The first kappa shape index (κ1) is 18.5. The van der Waals surface area contributed by atoms with E-state index in [4.69, 9.17) is 9.47 Å². The van der Waals surface area contributed by atoms with Gasteiger partial charge in [0.05, 0.1) is 6.61 Å². The lowest BCUT2D eigenvalue weighted by atomic mass is 10.2. The first-order valence-corrected chi connectivity index (χ1v) is 8.30. The van der Waals surface area contributed by atoms with E-state index in [2.05, 4.69) is 25.7 Å². The minimum atomic E-state index is -0.307. The molecule has 0 fully saturated rings. The zero-order valence-electron chi connectivity index (χ0n) is 14.3. The zero-order chi connectivity index (χ0) is 16.4. The molecule has 1 aromatic rings. The van der Waals surface area contributed by atoms with Gasteiger partial charge in [0.15, 0.2) is 0 Å². The van der Waals surface area contributed by atoms with Gasteiger partial charge < -0.3 is 9.47 Å². The highest BCUT2D eigenvalue weighted by molar-refractivity contribution is 5.92. The van der Waals surface area contributed by atoms with Gasteiger partial charge in [0.25, 0.3) is 0 Å². The maximum atomic E-state index is 12.2. The molecule has 0 aromatic heterocycles. The van der Waals surface area contributed by atoms with Crippen molar-refractivity contribution in [3.8, 4) is 5.75 Å². The molecule has 0 heterocycles. The third-order valence-corrected chi connectivity index (χ3v) is 3.71. The third-order valence-electron chi connectivity index (χ3n) is 3.71. The molecule has 4 nitrogen and oxygen atoms in total. The van der Waals surface area contributed by atoms with Crippen LogP contribution in [0, 0.1) is 0 Å². The third kappa shape index (κ3) is 5.68. The first-order chi connectivity index (χ1) is 10.6. The molecular weight excluding hydrogens is 278 g/mol. The van der Waals surface area contributed by atoms with Crippen LogP contribution in [0.4, 0.5) is 0 Å². The van der Waals surface area contributed by atoms with E-state index in [1.807, 2.05) is 25.1 Å². The van der Waals surface area contributed by atoms with Crippen LogP contribution >= 0.6 is 0 Å². The molecule has 0 radical (unpaired) electrons. The van der Waals surface area contributed by atoms with E-state index in [0.717, 1.165) is 32.4 Å². The molecule has 4 heteroatoms. The standard InChI is InChI=1S/C18H29NO3/c1-5-8-11-14-21-18(20)16-12-9-10-13-17(16)22-15(4)19(6-2)7-3/h9-10,12-13,15H,5-8,11,14H2,1-4H3. The molecule has 0 saturated heterocycles. The molecular formula is C18H29NO3. The molecule has 0 aliphatic carbocycles. The number of rotatable bonds is 10. The quantitative estimate of drug-likeness (QED) is 0.370. The van der Waals surface area contributed by atoms with Crippen LogP contribution in [0.3, 0.4) is 0 Å². The SMILES string of the molecule is CCCCCOC(=O)c1ccccc1OC(C)N(CC)CC. The molecule has 0 N–H and O–H groups in total. The summed E-state index contributed by atoms with van der Waals surface area (Å²) in [5.74, 6) is 0.279. The Morgan fingerprint density at radius 2 is 1.82 bits per heavy atom. The molecule has 0 amide bonds. The molecule has 22 heavy (non-hydrogen) atoms. The van der Waals surface area contributed by atoms with Gasteiger partial charge in [-0.1, -0.05) is 45.7 Å². The van der Waals surface area contributed by atoms with Crippen molar-refractivity contribution < 1.29 is 14.3 Å². The number of benzene rings is 1. The highest BCUT2D eigenvalue weighted by Crippen LogP contribution is 2.21. The van der Waals surface area contributed by atoms with Gasteiger partial charge in [-0.15, -0.1) is 0 Å². The topological polar surface area (TPSA) is 38.8 Å². The number of nitrogens with zero attached hydrogens (tertiary/aromatic N) is 1. The Morgan fingerprint density at radius 3 is 2.45 bits per heavy atom. The molecule has 124 valence electrons. The van der Waals surface area contributed by atoms with Gasteiger partial charge in [-0.3, -0.25) is 4.90 Å². The van der Waals surface area contributed by atoms with Gasteiger partial charge in [-0.25, -0.2) is 4.79 Å². The van der Waals surface area contributed by atoms with Crippen LogP contribution in [0.5, 0.6) is 5.75 Å². The fourth-order valence-electron chi connectivity index (χ4n) is 2.33. The summed E-state index contributed by atoms with van der Waals surface area (Å²) in [7, 11) is 0. The number of para-hydroxylation sites is 1. The number of hydrogen-bond acceptors (Lipinski definition) is 4. The average Bonchev–Trinajstić information content (AvgIpc) is 2.53. The van der Waals surface area contributed by atoms with Crippen LogP contribution in [0.25, 0.3) is 0 Å². The molecule has 0 saturated carbocycles. The molecule has 1 atom stereocenters. The van der Waals surface area contributed by atoms with Crippen molar-refractivity contribution in [2.24, 2.45) is 0 Å². The van der Waals surface area contributed by atoms with E-state index in [0.29, 0.717) is 17.9 Å². The minimum Gasteiger partial charge on any atom is -0.475 e. The lowest BCUT2D eigenvalue weighted by Crippen LogP contribution is -2.37. The molecule has 1 unspecified atom stereocenters. The average molecular weight is 307 g/mol. The van der Waals surface area contributed by atoms with E-state index in [1.54, 1.807) is 6.07 Å². The van der Waals surface area contributed by atoms with Gasteiger partial charge >= 0.3 is 5.97 Å². The maximum Gasteiger partial charge on any atom is 0.341 e. The van der Waals surface area contributed by atoms with E-state index < -0.39 is 0 Å². The van der Waals surface area contributed by atoms with Gasteiger partial charge in [-0.05, 0) is 38.6 Å². The highest BCUT2D eigenvalue weighted by atomic mass is 16.5. The lowest BCUT2D eigenvalue weighted by Gasteiger charge is -2.27. The molecule has 1 rings (SSSR count). The Hall–Kier alpha value is -1.55. The van der Waals surface area contributed by atoms with Crippen molar-refractivity contribution in [1.82, 2.24) is 4.90 Å². The fourth-order valence-corrected chi connectivity index (χ4v) is 2.33. The van der Waals surface area contributed by atoms with Crippen molar-refractivity contribution in [2.75, 3.05) is 19.7 Å². The number of hydrogen-bond donors (Lipinski definition) is 0. The number of unbranched alkanes of at least 4 members (excludes halogenated alkanes) is 2. The van der Waals surface area contributed by atoms with Crippen LogP contribution < -0.4 is 4.74 Å². The summed E-state index contributed by atoms with van der Waals surface area (Å²) in [6, 6.07) is 7.28. The normalized spacial score (nSPS) is 12.2. The minimum absolute atomic E-state index is 0.0796. The van der Waals surface area contributed by atoms with Crippen molar-refractivity contribution in [1.29, 1.82) is 0 Å². The molecule has 0 spiro atoms. The summed E-state index contributed by atoms with van der Waals surface area (Å²) < 4.78 is 11.3. The van der Waals surface area contributed by atoms with E-state index in [1.165, 1.54) is 0 Å². The predicted octanol–water partition coefficient (Wildman–Crippen LogP) is 4.10. The van der Waals surface area contributed by atoms with Crippen molar-refractivity contribution in [3.63, 3.8) is 0 Å². The van der Waals surface area contributed by atoms with Crippen LogP contribution in [-0.4, -0.2) is 36.8 Å². The van der Waals surface area contributed by atoms with E-state index in [9.17, 15) is 4.79 Å². The van der Waals surface area contributed by atoms with E-state index >= 15 is 0 Å². The Kier molecular flexibility index (Phi) is 8.60. The van der Waals surface area contributed by atoms with Crippen LogP contribution in [0.15, 0.2) is 24.3 Å². The smallest absolute Gasteiger partial charge is 0.341 e. The van der Waals surface area contributed by atoms with Crippen LogP contribution in [-0.2, 0) is 4.74 Å². The summed E-state index contributed by atoms with van der Waals surface area (Å²) in [5, 5.41) is 0. The summed E-state index contributed by atoms with van der Waals surface area (Å²) in [5.41, 5.74) is 0.498. The summed E-state index contributed by atoms with van der Waals surface area (Å²) in [6.07, 6.45) is 3.01. The highest BCUT2D eigenvalue weighted by Gasteiger charge is 2.17. The Bertz CT molecular complexity index is 444. The largest absolute Gasteiger partial charge is 0.475 e. The monoisotopic (exact) mass is 307 g/mol.